The molecule has 0 saturated carbocycles. The maximum Gasteiger partial charge on any atom is 0.256 e. The molecule has 4 rings (SSSR count). The molecule has 3 aromatic heterocycles. The quantitative estimate of drug-likeness (QED) is 0.533. The van der Waals surface area contributed by atoms with Crippen LogP contribution in [0, 0.1) is 6.92 Å². The number of nitrogens with zero attached hydrogens (tertiary/aromatic N) is 7. The third kappa shape index (κ3) is 2.65. The minimum absolute atomic E-state index is 0.642. The van der Waals surface area contributed by atoms with Crippen molar-refractivity contribution in [2.75, 3.05) is 0 Å². The van der Waals surface area contributed by atoms with Crippen LogP contribution in [0.4, 0.5) is 0 Å². The molecule has 1 aromatic carbocycles. The molecule has 24 heavy (non-hydrogen) atoms. The van der Waals surface area contributed by atoms with Gasteiger partial charge < -0.3 is 0 Å². The van der Waals surface area contributed by atoms with Crippen LogP contribution in [0.5, 0.6) is 0 Å². The summed E-state index contributed by atoms with van der Waals surface area (Å²) in [6, 6.07) is 14.0. The molecule has 0 N–H and O–H groups in total. The average molecular weight is 337 g/mol. The van der Waals surface area contributed by atoms with E-state index in [9.17, 15) is 0 Å². The van der Waals surface area contributed by atoms with Crippen molar-refractivity contribution in [3.05, 3.63) is 53.9 Å². The zero-order chi connectivity index (χ0) is 16.5. The number of tetrazole rings is 1. The van der Waals surface area contributed by atoms with Gasteiger partial charge in [0, 0.05) is 18.5 Å². The van der Waals surface area contributed by atoms with Crippen molar-refractivity contribution >= 4 is 22.8 Å². The Balaban J connectivity index is 1.76. The summed E-state index contributed by atoms with van der Waals surface area (Å²) in [4.78, 5) is 9.29. The molecule has 7 nitrogen and oxygen atoms in total. The van der Waals surface area contributed by atoms with Gasteiger partial charge in [-0.25, -0.2) is 9.67 Å². The second-order valence-electron chi connectivity index (χ2n) is 5.38. The number of aromatic nitrogens is 7. The molecule has 0 aliphatic carbocycles. The van der Waals surface area contributed by atoms with Crippen molar-refractivity contribution in [3.8, 4) is 5.95 Å². The number of benzene rings is 1. The Morgan fingerprint density at radius 1 is 1.04 bits per heavy atom. The van der Waals surface area contributed by atoms with Crippen LogP contribution in [-0.2, 0) is 12.8 Å². The molecule has 4 aromatic rings. The van der Waals surface area contributed by atoms with Gasteiger partial charge in [0.2, 0.25) is 0 Å². The zero-order valence-electron chi connectivity index (χ0n) is 13.3. The normalized spacial score (nSPS) is 11.2. The van der Waals surface area contributed by atoms with Gasteiger partial charge in [-0.3, -0.25) is 9.55 Å². The highest BCUT2D eigenvalue weighted by molar-refractivity contribution is 7.98. The van der Waals surface area contributed by atoms with E-state index in [1.165, 1.54) is 0 Å². The summed E-state index contributed by atoms with van der Waals surface area (Å²) in [6.07, 6.45) is 0. The van der Waals surface area contributed by atoms with Gasteiger partial charge in [0.25, 0.3) is 5.95 Å². The lowest BCUT2D eigenvalue weighted by atomic mass is 10.3. The van der Waals surface area contributed by atoms with E-state index in [4.69, 9.17) is 4.98 Å². The summed E-state index contributed by atoms with van der Waals surface area (Å²) in [5.41, 5.74) is 3.93. The average Bonchev–Trinajstić information content (AvgIpc) is 3.15. The fraction of sp³-hybridized carbons (Fsp3) is 0.188. The van der Waals surface area contributed by atoms with Gasteiger partial charge in [-0.05, 0) is 41.6 Å². The molecule has 0 bridgehead atoms. The lowest BCUT2D eigenvalue weighted by molar-refractivity contribution is 0.682. The van der Waals surface area contributed by atoms with Crippen molar-refractivity contribution in [2.24, 2.45) is 7.05 Å². The Kier molecular flexibility index (Phi) is 3.73. The van der Waals surface area contributed by atoms with E-state index in [0.717, 1.165) is 33.3 Å². The van der Waals surface area contributed by atoms with Gasteiger partial charge >= 0.3 is 0 Å². The number of aryl methyl sites for hydroxylation is 2. The highest BCUT2D eigenvalue weighted by Gasteiger charge is 2.17. The number of hydrogen-bond acceptors (Lipinski definition) is 6. The highest BCUT2D eigenvalue weighted by Crippen LogP contribution is 2.28. The molecule has 120 valence electrons. The van der Waals surface area contributed by atoms with Gasteiger partial charge in [-0.1, -0.05) is 35.1 Å². The first-order valence-electron chi connectivity index (χ1n) is 7.48. The van der Waals surface area contributed by atoms with Crippen molar-refractivity contribution in [1.82, 2.24) is 34.7 Å². The predicted molar refractivity (Wildman–Crippen MR) is 92.0 cm³/mol. The molecule has 0 atom stereocenters. The van der Waals surface area contributed by atoms with Crippen molar-refractivity contribution in [2.45, 2.75) is 17.8 Å². The number of hydrogen-bond donors (Lipinski definition) is 0. The number of rotatable bonds is 4. The Labute approximate surface area is 142 Å². The third-order valence-electron chi connectivity index (χ3n) is 3.62. The molecule has 0 unspecified atom stereocenters. The Morgan fingerprint density at radius 2 is 1.92 bits per heavy atom. The zero-order valence-corrected chi connectivity index (χ0v) is 14.1. The lowest BCUT2D eigenvalue weighted by Gasteiger charge is -2.06. The van der Waals surface area contributed by atoms with Crippen molar-refractivity contribution in [1.29, 1.82) is 0 Å². The molecule has 0 amide bonds. The Bertz CT molecular complexity index is 1000. The van der Waals surface area contributed by atoms with E-state index in [1.54, 1.807) is 16.4 Å². The molecular weight excluding hydrogens is 322 g/mol. The first kappa shape index (κ1) is 14.8. The van der Waals surface area contributed by atoms with Crippen molar-refractivity contribution in [3.63, 3.8) is 0 Å². The molecule has 0 spiro atoms. The maximum absolute atomic E-state index is 4.74. The topological polar surface area (TPSA) is 74.3 Å². The molecule has 0 aliphatic rings. The monoisotopic (exact) mass is 337 g/mol. The number of fused-ring (bicyclic) bond motifs is 1. The molecule has 0 aliphatic heterocycles. The summed E-state index contributed by atoms with van der Waals surface area (Å²) in [7, 11) is 1.82. The molecule has 8 heteroatoms. The van der Waals surface area contributed by atoms with Crippen LogP contribution in [0.25, 0.3) is 17.0 Å². The summed E-state index contributed by atoms with van der Waals surface area (Å²) in [5, 5.41) is 12.7. The van der Waals surface area contributed by atoms with E-state index in [0.29, 0.717) is 5.95 Å². The fourth-order valence-electron chi connectivity index (χ4n) is 2.53. The van der Waals surface area contributed by atoms with Gasteiger partial charge in [0.1, 0.15) is 0 Å². The first-order chi connectivity index (χ1) is 11.7. The molecule has 0 fully saturated rings. The highest BCUT2D eigenvalue weighted by atomic mass is 32.2. The molecular formula is C16H15N7S. The fourth-order valence-corrected chi connectivity index (χ4v) is 3.44. The van der Waals surface area contributed by atoms with Crippen LogP contribution in [0.15, 0.2) is 47.6 Å². The van der Waals surface area contributed by atoms with E-state index >= 15 is 0 Å². The van der Waals surface area contributed by atoms with Crippen LogP contribution in [0.2, 0.25) is 0 Å². The van der Waals surface area contributed by atoms with Crippen LogP contribution in [-0.4, -0.2) is 34.7 Å². The third-order valence-corrected chi connectivity index (χ3v) is 4.60. The summed E-state index contributed by atoms with van der Waals surface area (Å²) in [5.74, 6) is 1.37. The van der Waals surface area contributed by atoms with Crippen LogP contribution in [0.3, 0.4) is 0 Å². The summed E-state index contributed by atoms with van der Waals surface area (Å²) in [6.45, 7) is 1.99. The van der Waals surface area contributed by atoms with Gasteiger partial charge in [-0.2, -0.15) is 0 Å². The maximum atomic E-state index is 4.74. The van der Waals surface area contributed by atoms with Gasteiger partial charge in [0.05, 0.1) is 16.7 Å². The summed E-state index contributed by atoms with van der Waals surface area (Å²) < 4.78 is 3.62. The number of thioether (sulfide) groups is 1. The largest absolute Gasteiger partial charge is 0.257 e. The van der Waals surface area contributed by atoms with Crippen LogP contribution in [0.1, 0.15) is 11.4 Å². The standard InChI is InChI=1S/C16H15N7S/c1-11-6-5-7-12(17-11)10-24-16-18-13-8-3-4-9-14(13)23(16)15-19-20-21-22(15)2/h3-9H,10H2,1-2H3. The Hall–Kier alpha value is -2.74. The summed E-state index contributed by atoms with van der Waals surface area (Å²) >= 11 is 1.62. The lowest BCUT2D eigenvalue weighted by Crippen LogP contribution is -2.05. The molecule has 3 heterocycles. The van der Waals surface area contributed by atoms with Gasteiger partial charge in [-0.15, -0.1) is 0 Å². The van der Waals surface area contributed by atoms with E-state index < -0.39 is 0 Å². The SMILES string of the molecule is Cc1cccc(CSc2nc3ccccc3n2-c2nnnn2C)n1. The second kappa shape index (κ2) is 6.04. The Morgan fingerprint density at radius 3 is 2.71 bits per heavy atom. The second-order valence-corrected chi connectivity index (χ2v) is 6.32. The smallest absolute Gasteiger partial charge is 0.256 e. The number of pyridine rings is 1. The first-order valence-corrected chi connectivity index (χ1v) is 8.46. The molecule has 0 radical (unpaired) electrons. The predicted octanol–water partition coefficient (Wildman–Crippen LogP) is 2.54. The van der Waals surface area contributed by atoms with E-state index in [2.05, 4.69) is 20.5 Å². The van der Waals surface area contributed by atoms with Crippen LogP contribution >= 0.6 is 11.8 Å². The minimum Gasteiger partial charge on any atom is -0.257 e. The van der Waals surface area contributed by atoms with Gasteiger partial charge in [0.15, 0.2) is 5.16 Å². The number of para-hydroxylation sites is 2. The van der Waals surface area contributed by atoms with E-state index in [-0.39, 0.29) is 0 Å². The number of imidazole rings is 1. The minimum atomic E-state index is 0.642. The molecule has 0 saturated heterocycles. The van der Waals surface area contributed by atoms with E-state index in [1.807, 2.05) is 61.0 Å². The van der Waals surface area contributed by atoms with Crippen LogP contribution < -0.4 is 0 Å². The van der Waals surface area contributed by atoms with Crippen molar-refractivity contribution < 1.29 is 0 Å².